The van der Waals surface area contributed by atoms with Gasteiger partial charge in [-0.15, -0.1) is 0 Å². The van der Waals surface area contributed by atoms with Crippen LogP contribution in [0.15, 0.2) is 28.7 Å². The van der Waals surface area contributed by atoms with E-state index in [4.69, 9.17) is 0 Å². The second-order valence-electron chi connectivity index (χ2n) is 5.45. The summed E-state index contributed by atoms with van der Waals surface area (Å²) in [6, 6.07) is 9.04. The van der Waals surface area contributed by atoms with Gasteiger partial charge in [0.1, 0.15) is 0 Å². The number of hydrogen-bond donors (Lipinski definition) is 1. The number of nitrogens with one attached hydrogen (secondary N) is 1. The van der Waals surface area contributed by atoms with Gasteiger partial charge in [-0.25, -0.2) is 0 Å². The van der Waals surface area contributed by atoms with Crippen LogP contribution in [0.25, 0.3) is 0 Å². The highest BCUT2D eigenvalue weighted by molar-refractivity contribution is 9.10. The molecule has 2 atom stereocenters. The van der Waals surface area contributed by atoms with Gasteiger partial charge in [0.2, 0.25) is 0 Å². The minimum atomic E-state index is 0.435. The van der Waals surface area contributed by atoms with E-state index in [-0.39, 0.29) is 0 Å². The first-order chi connectivity index (χ1) is 8.65. The first-order valence-electron chi connectivity index (χ1n) is 6.82. The van der Waals surface area contributed by atoms with E-state index in [2.05, 4.69) is 64.4 Å². The highest BCUT2D eigenvalue weighted by Gasteiger charge is 2.17. The zero-order valence-electron chi connectivity index (χ0n) is 11.3. The van der Waals surface area contributed by atoms with Crippen LogP contribution in [-0.4, -0.2) is 31.6 Å². The molecule has 2 rings (SSSR count). The Labute approximate surface area is 119 Å². The molecule has 1 aliphatic heterocycles. The molecule has 0 amide bonds. The molecule has 1 saturated heterocycles. The minimum absolute atomic E-state index is 0.435. The van der Waals surface area contributed by atoms with Gasteiger partial charge in [0.05, 0.1) is 0 Å². The summed E-state index contributed by atoms with van der Waals surface area (Å²) in [7, 11) is 2.23. The number of rotatable bonds is 4. The van der Waals surface area contributed by atoms with Gasteiger partial charge in [-0.3, -0.25) is 0 Å². The summed E-state index contributed by atoms with van der Waals surface area (Å²) < 4.78 is 1.15. The number of benzene rings is 1. The highest BCUT2D eigenvalue weighted by atomic mass is 79.9. The Morgan fingerprint density at radius 1 is 1.39 bits per heavy atom. The molecule has 2 unspecified atom stereocenters. The van der Waals surface area contributed by atoms with Gasteiger partial charge >= 0.3 is 0 Å². The molecular weight excluding hydrogens is 288 g/mol. The molecule has 0 bridgehead atoms. The van der Waals surface area contributed by atoms with Crippen LogP contribution in [0, 0.1) is 5.92 Å². The molecule has 1 N–H and O–H groups in total. The number of nitrogens with zero attached hydrogens (tertiary/aromatic N) is 1. The van der Waals surface area contributed by atoms with Crippen LogP contribution in [0.5, 0.6) is 0 Å². The third kappa shape index (κ3) is 4.08. The predicted molar refractivity (Wildman–Crippen MR) is 80.8 cm³/mol. The Hall–Kier alpha value is -0.380. The van der Waals surface area contributed by atoms with Gasteiger partial charge in [-0.1, -0.05) is 28.1 Å². The summed E-state index contributed by atoms with van der Waals surface area (Å²) >= 11 is 3.48. The molecule has 0 radical (unpaired) electrons. The lowest BCUT2D eigenvalue weighted by Gasteiger charge is -2.30. The molecule has 18 heavy (non-hydrogen) atoms. The van der Waals surface area contributed by atoms with Crippen LogP contribution in [0.2, 0.25) is 0 Å². The topological polar surface area (TPSA) is 15.3 Å². The van der Waals surface area contributed by atoms with Crippen LogP contribution in [0.1, 0.15) is 31.4 Å². The average molecular weight is 311 g/mol. The Balaban J connectivity index is 1.80. The van der Waals surface area contributed by atoms with E-state index in [9.17, 15) is 0 Å². The Kier molecular flexibility index (Phi) is 5.22. The zero-order chi connectivity index (χ0) is 13.0. The van der Waals surface area contributed by atoms with Crippen molar-refractivity contribution in [2.24, 2.45) is 5.92 Å². The van der Waals surface area contributed by atoms with E-state index in [0.29, 0.717) is 6.04 Å². The zero-order valence-corrected chi connectivity index (χ0v) is 12.9. The molecule has 0 aromatic heterocycles. The SMILES string of the molecule is CC(NCC1CCCN(C)C1)c1ccc(Br)cc1. The van der Waals surface area contributed by atoms with Crippen LogP contribution in [0.3, 0.4) is 0 Å². The third-order valence-corrected chi connectivity index (χ3v) is 4.33. The van der Waals surface area contributed by atoms with E-state index in [0.717, 1.165) is 16.9 Å². The Morgan fingerprint density at radius 2 is 2.11 bits per heavy atom. The molecular formula is C15H23BrN2. The number of piperidine rings is 1. The van der Waals surface area contributed by atoms with Crippen LogP contribution in [-0.2, 0) is 0 Å². The molecule has 0 aliphatic carbocycles. The van der Waals surface area contributed by atoms with Gasteiger partial charge in [-0.05, 0) is 63.5 Å². The second kappa shape index (κ2) is 6.69. The number of likely N-dealkylation sites (tertiary alicyclic amines) is 1. The summed E-state index contributed by atoms with van der Waals surface area (Å²) in [5, 5.41) is 3.67. The van der Waals surface area contributed by atoms with E-state index in [1.807, 2.05) is 0 Å². The summed E-state index contributed by atoms with van der Waals surface area (Å²) in [6.45, 7) is 5.87. The van der Waals surface area contributed by atoms with Crippen molar-refractivity contribution >= 4 is 15.9 Å². The molecule has 3 heteroatoms. The van der Waals surface area contributed by atoms with Crippen molar-refractivity contribution in [1.82, 2.24) is 10.2 Å². The van der Waals surface area contributed by atoms with Crippen LogP contribution < -0.4 is 5.32 Å². The van der Waals surface area contributed by atoms with E-state index in [1.165, 1.54) is 31.5 Å². The van der Waals surface area contributed by atoms with Crippen molar-refractivity contribution in [1.29, 1.82) is 0 Å². The Bertz CT molecular complexity index is 363. The molecule has 1 aromatic rings. The summed E-state index contributed by atoms with van der Waals surface area (Å²) in [6.07, 6.45) is 2.71. The van der Waals surface area contributed by atoms with Gasteiger partial charge in [0.25, 0.3) is 0 Å². The smallest absolute Gasteiger partial charge is 0.0291 e. The minimum Gasteiger partial charge on any atom is -0.310 e. The summed E-state index contributed by atoms with van der Waals surface area (Å²) in [5.74, 6) is 0.807. The maximum Gasteiger partial charge on any atom is 0.0291 e. The van der Waals surface area contributed by atoms with Crippen molar-refractivity contribution in [2.45, 2.75) is 25.8 Å². The maximum absolute atomic E-state index is 3.67. The second-order valence-corrected chi connectivity index (χ2v) is 6.37. The standard InChI is InChI=1S/C15H23BrN2/c1-12(14-5-7-15(16)8-6-14)17-10-13-4-3-9-18(2)11-13/h5-8,12-13,17H,3-4,9-11H2,1-2H3. The fourth-order valence-corrected chi connectivity index (χ4v) is 2.92. The van der Waals surface area contributed by atoms with Crippen molar-refractivity contribution < 1.29 is 0 Å². The highest BCUT2D eigenvalue weighted by Crippen LogP contribution is 2.18. The lowest BCUT2D eigenvalue weighted by molar-refractivity contribution is 0.203. The van der Waals surface area contributed by atoms with Gasteiger partial charge in [0, 0.05) is 17.1 Å². The fraction of sp³-hybridized carbons (Fsp3) is 0.600. The lowest BCUT2D eigenvalue weighted by atomic mass is 9.98. The quantitative estimate of drug-likeness (QED) is 0.916. The van der Waals surface area contributed by atoms with Crippen LogP contribution >= 0.6 is 15.9 Å². The molecule has 2 nitrogen and oxygen atoms in total. The van der Waals surface area contributed by atoms with Crippen molar-refractivity contribution in [2.75, 3.05) is 26.7 Å². The third-order valence-electron chi connectivity index (χ3n) is 3.80. The molecule has 0 spiro atoms. The van der Waals surface area contributed by atoms with Gasteiger partial charge < -0.3 is 10.2 Å². The molecule has 100 valence electrons. The Morgan fingerprint density at radius 3 is 2.78 bits per heavy atom. The number of hydrogen-bond acceptors (Lipinski definition) is 2. The van der Waals surface area contributed by atoms with E-state index in [1.54, 1.807) is 0 Å². The summed E-state index contributed by atoms with van der Waals surface area (Å²) in [4.78, 5) is 2.44. The van der Waals surface area contributed by atoms with Crippen LogP contribution in [0.4, 0.5) is 0 Å². The van der Waals surface area contributed by atoms with Crippen molar-refractivity contribution in [3.05, 3.63) is 34.3 Å². The maximum atomic E-state index is 3.67. The predicted octanol–water partition coefficient (Wildman–Crippen LogP) is 3.44. The monoisotopic (exact) mass is 310 g/mol. The largest absolute Gasteiger partial charge is 0.310 e. The fourth-order valence-electron chi connectivity index (χ4n) is 2.65. The molecule has 0 saturated carbocycles. The van der Waals surface area contributed by atoms with Crippen molar-refractivity contribution in [3.8, 4) is 0 Å². The first-order valence-corrected chi connectivity index (χ1v) is 7.62. The molecule has 1 fully saturated rings. The first kappa shape index (κ1) is 14.0. The normalized spacial score (nSPS) is 22.9. The number of halogens is 1. The van der Waals surface area contributed by atoms with Gasteiger partial charge in [0.15, 0.2) is 0 Å². The summed E-state index contributed by atoms with van der Waals surface area (Å²) in [5.41, 5.74) is 1.36. The van der Waals surface area contributed by atoms with E-state index >= 15 is 0 Å². The molecule has 1 heterocycles. The lowest BCUT2D eigenvalue weighted by Crippen LogP contribution is -2.37. The van der Waals surface area contributed by atoms with E-state index < -0.39 is 0 Å². The average Bonchev–Trinajstić information content (AvgIpc) is 2.37. The molecule has 1 aliphatic rings. The van der Waals surface area contributed by atoms with Gasteiger partial charge in [-0.2, -0.15) is 0 Å². The van der Waals surface area contributed by atoms with Crippen molar-refractivity contribution in [3.63, 3.8) is 0 Å². The molecule has 1 aromatic carbocycles.